The summed E-state index contributed by atoms with van der Waals surface area (Å²) in [4.78, 5) is 0. The molecule has 0 heterocycles. The first kappa shape index (κ1) is 14.6. The van der Waals surface area contributed by atoms with E-state index in [2.05, 4.69) is 0 Å². The van der Waals surface area contributed by atoms with Crippen molar-refractivity contribution < 1.29 is 8.42 Å². The first-order chi connectivity index (χ1) is 9.43. The Labute approximate surface area is 119 Å². The van der Waals surface area contributed by atoms with Gasteiger partial charge in [0.25, 0.3) is 0 Å². The minimum atomic E-state index is -3.26. The number of sulfonamides is 1. The number of nitrogens with two attached hydrogens (primary N) is 1. The van der Waals surface area contributed by atoms with Crippen molar-refractivity contribution in [2.45, 2.75) is 6.54 Å². The zero-order valence-corrected chi connectivity index (χ0v) is 12.4. The van der Waals surface area contributed by atoms with Gasteiger partial charge in [0.15, 0.2) is 0 Å². The molecule has 2 rings (SSSR count). The van der Waals surface area contributed by atoms with Crippen molar-refractivity contribution in [3.05, 3.63) is 54.1 Å². The quantitative estimate of drug-likeness (QED) is 0.939. The first-order valence-corrected chi connectivity index (χ1v) is 8.10. The lowest BCUT2D eigenvalue weighted by atomic mass is 9.99. The second-order valence-electron chi connectivity index (χ2n) is 4.64. The van der Waals surface area contributed by atoms with Crippen LogP contribution in [0, 0.1) is 0 Å². The normalized spacial score (nSPS) is 11.3. The van der Waals surface area contributed by atoms with Crippen LogP contribution in [-0.2, 0) is 16.6 Å². The van der Waals surface area contributed by atoms with Crippen LogP contribution in [0.4, 0.5) is 5.69 Å². The number of hydrogen-bond acceptors (Lipinski definition) is 3. The molecule has 5 heteroatoms. The fourth-order valence-corrected chi connectivity index (χ4v) is 2.54. The maximum atomic E-state index is 11.6. The molecule has 0 aliphatic carbocycles. The van der Waals surface area contributed by atoms with E-state index in [1.807, 2.05) is 42.5 Å². The summed E-state index contributed by atoms with van der Waals surface area (Å²) in [6, 6.07) is 15.3. The van der Waals surface area contributed by atoms with E-state index in [1.165, 1.54) is 10.6 Å². The minimum Gasteiger partial charge on any atom is -0.326 e. The third kappa shape index (κ3) is 3.00. The molecule has 2 aromatic rings. The summed E-state index contributed by atoms with van der Waals surface area (Å²) >= 11 is 0. The molecule has 20 heavy (non-hydrogen) atoms. The van der Waals surface area contributed by atoms with Crippen LogP contribution < -0.4 is 10.0 Å². The van der Waals surface area contributed by atoms with Crippen LogP contribution in [0.5, 0.6) is 0 Å². The van der Waals surface area contributed by atoms with Crippen molar-refractivity contribution >= 4 is 15.7 Å². The van der Waals surface area contributed by atoms with E-state index in [0.29, 0.717) is 12.2 Å². The van der Waals surface area contributed by atoms with Crippen LogP contribution in [0.15, 0.2) is 48.5 Å². The molecule has 0 radical (unpaired) electrons. The van der Waals surface area contributed by atoms with Gasteiger partial charge in [-0.2, -0.15) is 0 Å². The highest BCUT2D eigenvalue weighted by Crippen LogP contribution is 2.27. The van der Waals surface area contributed by atoms with Crippen LogP contribution in [0.25, 0.3) is 11.1 Å². The van der Waals surface area contributed by atoms with E-state index in [9.17, 15) is 8.42 Å². The molecule has 0 bridgehead atoms. The summed E-state index contributed by atoms with van der Waals surface area (Å²) in [5, 5.41) is 0. The maximum absolute atomic E-state index is 11.6. The van der Waals surface area contributed by atoms with Crippen LogP contribution in [0.3, 0.4) is 0 Å². The molecule has 2 N–H and O–H groups in total. The molecule has 0 amide bonds. The predicted molar refractivity (Wildman–Crippen MR) is 83.0 cm³/mol. The Kier molecular flexibility index (Phi) is 4.11. The van der Waals surface area contributed by atoms with E-state index < -0.39 is 10.0 Å². The Bertz CT molecular complexity index is 711. The van der Waals surface area contributed by atoms with Gasteiger partial charge in [0.05, 0.1) is 11.9 Å². The lowest BCUT2D eigenvalue weighted by Crippen LogP contribution is -2.24. The molecule has 0 aromatic heterocycles. The number of rotatable bonds is 4. The van der Waals surface area contributed by atoms with Crippen molar-refractivity contribution in [1.29, 1.82) is 0 Å². The van der Waals surface area contributed by atoms with E-state index in [4.69, 9.17) is 5.73 Å². The monoisotopic (exact) mass is 290 g/mol. The minimum absolute atomic E-state index is 0.447. The van der Waals surface area contributed by atoms with E-state index >= 15 is 0 Å². The smallest absolute Gasteiger partial charge is 0.231 e. The topological polar surface area (TPSA) is 63.4 Å². The molecule has 0 spiro atoms. The van der Waals surface area contributed by atoms with Crippen LogP contribution >= 0.6 is 0 Å². The summed E-state index contributed by atoms with van der Waals surface area (Å²) in [5.74, 6) is 0. The summed E-state index contributed by atoms with van der Waals surface area (Å²) in [7, 11) is -1.72. The van der Waals surface area contributed by atoms with E-state index in [1.54, 1.807) is 13.1 Å². The molecule has 0 aliphatic rings. The SMILES string of the molecule is CN(c1cccc(-c2ccccc2CN)c1)S(C)(=O)=O. The third-order valence-corrected chi connectivity index (χ3v) is 4.46. The zero-order valence-electron chi connectivity index (χ0n) is 11.6. The molecule has 0 aliphatic heterocycles. The van der Waals surface area contributed by atoms with Crippen molar-refractivity contribution in [3.63, 3.8) is 0 Å². The van der Waals surface area contributed by atoms with Crippen LogP contribution in [0.2, 0.25) is 0 Å². The van der Waals surface area contributed by atoms with Crippen LogP contribution in [0.1, 0.15) is 5.56 Å². The standard InChI is InChI=1S/C15H18N2O2S/c1-17(20(2,18)19)14-8-5-7-12(10-14)15-9-4-3-6-13(15)11-16/h3-10H,11,16H2,1-2H3. The second-order valence-corrected chi connectivity index (χ2v) is 6.66. The van der Waals surface area contributed by atoms with Gasteiger partial charge in [-0.25, -0.2) is 8.42 Å². The third-order valence-electron chi connectivity index (χ3n) is 3.26. The highest BCUT2D eigenvalue weighted by Gasteiger charge is 2.13. The van der Waals surface area contributed by atoms with E-state index in [-0.39, 0.29) is 0 Å². The lowest BCUT2D eigenvalue weighted by Gasteiger charge is -2.18. The molecule has 106 valence electrons. The van der Waals surface area contributed by atoms with Gasteiger partial charge in [-0.3, -0.25) is 4.31 Å². The Morgan fingerprint density at radius 1 is 1.10 bits per heavy atom. The van der Waals surface area contributed by atoms with E-state index in [0.717, 1.165) is 16.7 Å². The average Bonchev–Trinajstić information content (AvgIpc) is 2.45. The molecule has 0 unspecified atom stereocenters. The van der Waals surface area contributed by atoms with Gasteiger partial charge in [0.2, 0.25) is 10.0 Å². The van der Waals surface area contributed by atoms with Gasteiger partial charge >= 0.3 is 0 Å². The maximum Gasteiger partial charge on any atom is 0.231 e. The summed E-state index contributed by atoms with van der Waals surface area (Å²) in [6.45, 7) is 0.447. The Morgan fingerprint density at radius 3 is 2.45 bits per heavy atom. The van der Waals surface area contributed by atoms with Crippen molar-refractivity contribution in [2.24, 2.45) is 5.73 Å². The van der Waals surface area contributed by atoms with Crippen molar-refractivity contribution in [2.75, 3.05) is 17.6 Å². The Hall–Kier alpha value is -1.85. The predicted octanol–water partition coefficient (Wildman–Crippen LogP) is 2.21. The largest absolute Gasteiger partial charge is 0.326 e. The fraction of sp³-hybridized carbons (Fsp3) is 0.200. The Morgan fingerprint density at radius 2 is 1.80 bits per heavy atom. The number of nitrogens with zero attached hydrogens (tertiary/aromatic N) is 1. The van der Waals surface area contributed by atoms with Crippen LogP contribution in [-0.4, -0.2) is 21.7 Å². The molecular weight excluding hydrogens is 272 g/mol. The average molecular weight is 290 g/mol. The summed E-state index contributed by atoms with van der Waals surface area (Å²) < 4.78 is 24.5. The highest BCUT2D eigenvalue weighted by molar-refractivity contribution is 7.92. The Balaban J connectivity index is 2.50. The molecule has 2 aromatic carbocycles. The number of hydrogen-bond donors (Lipinski definition) is 1. The van der Waals surface area contributed by atoms with Gasteiger partial charge < -0.3 is 5.73 Å². The number of benzene rings is 2. The summed E-state index contributed by atoms with van der Waals surface area (Å²) in [6.07, 6.45) is 1.19. The number of anilines is 1. The zero-order chi connectivity index (χ0) is 14.8. The van der Waals surface area contributed by atoms with Gasteiger partial charge in [-0.05, 0) is 28.8 Å². The lowest BCUT2D eigenvalue weighted by molar-refractivity contribution is 0.600. The van der Waals surface area contributed by atoms with Crippen molar-refractivity contribution in [1.82, 2.24) is 0 Å². The van der Waals surface area contributed by atoms with Gasteiger partial charge in [-0.15, -0.1) is 0 Å². The van der Waals surface area contributed by atoms with Gasteiger partial charge in [0.1, 0.15) is 0 Å². The van der Waals surface area contributed by atoms with Crippen molar-refractivity contribution in [3.8, 4) is 11.1 Å². The molecular formula is C15H18N2O2S. The first-order valence-electron chi connectivity index (χ1n) is 6.26. The van der Waals surface area contributed by atoms with Gasteiger partial charge in [0, 0.05) is 13.6 Å². The molecule has 0 fully saturated rings. The molecule has 0 saturated heterocycles. The molecule has 0 saturated carbocycles. The van der Waals surface area contributed by atoms with Gasteiger partial charge in [-0.1, -0.05) is 36.4 Å². The summed E-state index contributed by atoms with van der Waals surface area (Å²) in [5.41, 5.74) is 9.40. The second kappa shape index (κ2) is 5.64. The molecule has 4 nitrogen and oxygen atoms in total. The fourth-order valence-electron chi connectivity index (χ4n) is 2.04. The molecule has 0 atom stereocenters. The highest BCUT2D eigenvalue weighted by atomic mass is 32.2.